The number of carboxylic acids is 1. The minimum absolute atomic E-state index is 0.233. The number of hydrogen-bond donors (Lipinski definition) is 1. The van der Waals surface area contributed by atoms with Gasteiger partial charge in [0, 0.05) is 0 Å². The lowest BCUT2D eigenvalue weighted by molar-refractivity contribution is 0.0690. The summed E-state index contributed by atoms with van der Waals surface area (Å²) in [5.41, 5.74) is -0.577. The zero-order valence-corrected chi connectivity index (χ0v) is 8.37. The van der Waals surface area contributed by atoms with Gasteiger partial charge in [0.1, 0.15) is 0 Å². The van der Waals surface area contributed by atoms with Crippen molar-refractivity contribution in [2.75, 3.05) is 6.61 Å². The minimum Gasteiger partial charge on any atom is -0.487 e. The van der Waals surface area contributed by atoms with Crippen LogP contribution in [0.3, 0.4) is 0 Å². The molecule has 1 aromatic carbocycles. The first kappa shape index (κ1) is 10.9. The van der Waals surface area contributed by atoms with Gasteiger partial charge in [-0.2, -0.15) is 0 Å². The fraction of sp³-hybridized carbons (Fsp3) is 0.364. The number of halogens is 2. The monoisotopic (exact) mass is 228 g/mol. The molecule has 5 heteroatoms. The molecule has 0 atom stereocenters. The first-order chi connectivity index (χ1) is 7.59. The van der Waals surface area contributed by atoms with Crippen molar-refractivity contribution in [3.05, 3.63) is 29.3 Å². The van der Waals surface area contributed by atoms with E-state index in [1.807, 2.05) is 0 Å². The number of aromatic carboxylic acids is 1. The van der Waals surface area contributed by atoms with E-state index in [0.717, 1.165) is 25.0 Å². The van der Waals surface area contributed by atoms with Crippen molar-refractivity contribution in [1.29, 1.82) is 0 Å². The van der Waals surface area contributed by atoms with E-state index in [1.54, 1.807) is 0 Å². The standard InChI is InChI=1S/C11H10F2O3/c12-8-4-3-7(11(14)15)9(13)10(8)16-5-6-1-2-6/h3-4,6H,1-2,5H2,(H,14,15). The molecule has 0 amide bonds. The SMILES string of the molecule is O=C(O)c1ccc(F)c(OCC2CC2)c1F. The van der Waals surface area contributed by atoms with Gasteiger partial charge in [0.15, 0.2) is 17.4 Å². The molecule has 3 nitrogen and oxygen atoms in total. The van der Waals surface area contributed by atoms with Crippen LogP contribution < -0.4 is 4.74 Å². The van der Waals surface area contributed by atoms with Gasteiger partial charge >= 0.3 is 5.97 Å². The maximum atomic E-state index is 13.5. The van der Waals surface area contributed by atoms with Crippen LogP contribution in [0, 0.1) is 17.6 Å². The molecule has 1 fully saturated rings. The first-order valence-corrected chi connectivity index (χ1v) is 4.93. The Balaban J connectivity index is 2.25. The van der Waals surface area contributed by atoms with Gasteiger partial charge < -0.3 is 9.84 Å². The highest BCUT2D eigenvalue weighted by Gasteiger charge is 2.25. The summed E-state index contributed by atoms with van der Waals surface area (Å²) < 4.78 is 31.7. The van der Waals surface area contributed by atoms with Gasteiger partial charge in [-0.25, -0.2) is 13.6 Å². The third kappa shape index (κ3) is 2.13. The first-order valence-electron chi connectivity index (χ1n) is 4.93. The van der Waals surface area contributed by atoms with Gasteiger partial charge in [-0.15, -0.1) is 0 Å². The van der Waals surface area contributed by atoms with Gasteiger partial charge in [0.2, 0.25) is 0 Å². The van der Waals surface area contributed by atoms with Gasteiger partial charge in [0.25, 0.3) is 0 Å². The summed E-state index contributed by atoms with van der Waals surface area (Å²) in [5.74, 6) is -3.70. The molecule has 0 spiro atoms. The van der Waals surface area contributed by atoms with E-state index < -0.39 is 28.9 Å². The Labute approximate surface area is 90.7 Å². The van der Waals surface area contributed by atoms with Crippen molar-refractivity contribution in [3.8, 4) is 5.75 Å². The summed E-state index contributed by atoms with van der Waals surface area (Å²) >= 11 is 0. The molecule has 1 aliphatic rings. The van der Waals surface area contributed by atoms with E-state index in [-0.39, 0.29) is 6.61 Å². The molecular weight excluding hydrogens is 218 g/mol. The number of rotatable bonds is 4. The molecule has 16 heavy (non-hydrogen) atoms. The maximum Gasteiger partial charge on any atom is 0.338 e. The Bertz CT molecular complexity index is 427. The smallest absolute Gasteiger partial charge is 0.338 e. The van der Waals surface area contributed by atoms with Crippen LogP contribution in [0.4, 0.5) is 8.78 Å². The molecule has 2 rings (SSSR count). The number of ether oxygens (including phenoxy) is 1. The summed E-state index contributed by atoms with van der Waals surface area (Å²) in [7, 11) is 0. The molecule has 1 N–H and O–H groups in total. The van der Waals surface area contributed by atoms with Crippen LogP contribution in [-0.4, -0.2) is 17.7 Å². The molecule has 0 bridgehead atoms. The molecule has 0 aliphatic heterocycles. The van der Waals surface area contributed by atoms with Crippen molar-refractivity contribution in [2.45, 2.75) is 12.8 Å². The summed E-state index contributed by atoms with van der Waals surface area (Å²) in [5, 5.41) is 8.65. The lowest BCUT2D eigenvalue weighted by atomic mass is 10.2. The fourth-order valence-corrected chi connectivity index (χ4v) is 1.32. The molecule has 0 aromatic heterocycles. The Morgan fingerprint density at radius 3 is 2.69 bits per heavy atom. The van der Waals surface area contributed by atoms with E-state index in [4.69, 9.17) is 9.84 Å². The zero-order chi connectivity index (χ0) is 11.7. The van der Waals surface area contributed by atoms with Crippen LogP contribution in [0.5, 0.6) is 5.75 Å². The Kier molecular flexibility index (Phi) is 2.77. The summed E-state index contributed by atoms with van der Waals surface area (Å²) in [4.78, 5) is 10.6. The van der Waals surface area contributed by atoms with Gasteiger partial charge in [-0.05, 0) is 30.9 Å². The van der Waals surface area contributed by atoms with Gasteiger partial charge in [0.05, 0.1) is 12.2 Å². The number of hydrogen-bond acceptors (Lipinski definition) is 2. The van der Waals surface area contributed by atoms with Crippen LogP contribution in [0.1, 0.15) is 23.2 Å². The lowest BCUT2D eigenvalue weighted by Crippen LogP contribution is -2.07. The summed E-state index contributed by atoms with van der Waals surface area (Å²) in [6.07, 6.45) is 1.98. The minimum atomic E-state index is -1.44. The number of carboxylic acid groups (broad SMARTS) is 1. The summed E-state index contributed by atoms with van der Waals surface area (Å²) in [6.45, 7) is 0.233. The third-order valence-electron chi connectivity index (χ3n) is 2.44. The quantitative estimate of drug-likeness (QED) is 0.860. The lowest BCUT2D eigenvalue weighted by Gasteiger charge is -2.08. The highest BCUT2D eigenvalue weighted by molar-refractivity contribution is 5.88. The van der Waals surface area contributed by atoms with Crippen LogP contribution in [0.15, 0.2) is 12.1 Å². The largest absolute Gasteiger partial charge is 0.487 e. The number of carbonyl (C=O) groups is 1. The van der Waals surface area contributed by atoms with Gasteiger partial charge in [-0.3, -0.25) is 0 Å². The average Bonchev–Trinajstić information content (AvgIpc) is 3.00. The van der Waals surface area contributed by atoms with E-state index in [9.17, 15) is 13.6 Å². The zero-order valence-electron chi connectivity index (χ0n) is 8.37. The predicted octanol–water partition coefficient (Wildman–Crippen LogP) is 2.45. The van der Waals surface area contributed by atoms with Crippen molar-refractivity contribution in [2.24, 2.45) is 5.92 Å². The number of benzene rings is 1. The predicted molar refractivity (Wildman–Crippen MR) is 51.5 cm³/mol. The van der Waals surface area contributed by atoms with Crippen LogP contribution in [0.25, 0.3) is 0 Å². The van der Waals surface area contributed by atoms with Crippen LogP contribution in [-0.2, 0) is 0 Å². The van der Waals surface area contributed by atoms with Crippen LogP contribution in [0.2, 0.25) is 0 Å². The topological polar surface area (TPSA) is 46.5 Å². The van der Waals surface area contributed by atoms with Crippen molar-refractivity contribution >= 4 is 5.97 Å². The Morgan fingerprint density at radius 1 is 1.44 bits per heavy atom. The molecular formula is C11H10F2O3. The molecule has 86 valence electrons. The second kappa shape index (κ2) is 4.08. The molecule has 1 saturated carbocycles. The van der Waals surface area contributed by atoms with E-state index >= 15 is 0 Å². The molecule has 1 aliphatic carbocycles. The molecule has 1 aromatic rings. The second-order valence-electron chi connectivity index (χ2n) is 3.80. The second-order valence-corrected chi connectivity index (χ2v) is 3.80. The van der Waals surface area contributed by atoms with Crippen molar-refractivity contribution in [3.63, 3.8) is 0 Å². The highest BCUT2D eigenvalue weighted by Crippen LogP contribution is 2.31. The Morgan fingerprint density at radius 2 is 2.12 bits per heavy atom. The molecule has 0 radical (unpaired) electrons. The average molecular weight is 228 g/mol. The molecule has 0 unspecified atom stereocenters. The van der Waals surface area contributed by atoms with E-state index in [1.165, 1.54) is 0 Å². The van der Waals surface area contributed by atoms with Crippen molar-refractivity contribution < 1.29 is 23.4 Å². The normalized spacial score (nSPS) is 14.9. The fourth-order valence-electron chi connectivity index (χ4n) is 1.32. The maximum absolute atomic E-state index is 13.5. The van der Waals surface area contributed by atoms with Crippen molar-refractivity contribution in [1.82, 2.24) is 0 Å². The molecule has 0 heterocycles. The highest BCUT2D eigenvalue weighted by atomic mass is 19.1. The summed E-state index contributed by atoms with van der Waals surface area (Å²) in [6, 6.07) is 1.78. The van der Waals surface area contributed by atoms with E-state index in [0.29, 0.717) is 5.92 Å². The van der Waals surface area contributed by atoms with Crippen LogP contribution >= 0.6 is 0 Å². The van der Waals surface area contributed by atoms with E-state index in [2.05, 4.69) is 0 Å². The van der Waals surface area contributed by atoms with Gasteiger partial charge in [-0.1, -0.05) is 0 Å². The Hall–Kier alpha value is -1.65. The third-order valence-corrected chi connectivity index (χ3v) is 2.44. The molecule has 0 saturated heterocycles.